The SMILES string of the molecule is CCCCCCCCCCCCCCCCCCCCCCCCCCCCCCCCCCCCCC(=O)N[C@@H](COP(=O)(O)OC1C(O)C(O)C(O)[C@@H](O)C1O)[C@H](O)CCCCCCCCCCCCCCCCCCC. The smallest absolute Gasteiger partial charge is 0.391 e. The molecule has 0 aromatic carbocycles. The van der Waals surface area contributed by atoms with E-state index in [1.807, 2.05) is 0 Å². The van der Waals surface area contributed by atoms with E-state index >= 15 is 0 Å². The molecule has 1 aliphatic rings. The number of nitrogens with one attached hydrogen (secondary N) is 1. The molecular formula is C66H132NO11P. The lowest BCUT2D eigenvalue weighted by atomic mass is 9.85. The molecule has 0 radical (unpaired) electrons. The van der Waals surface area contributed by atoms with Gasteiger partial charge in [0.2, 0.25) is 5.91 Å². The average molecular weight is 1150 g/mol. The molecule has 1 amide bonds. The largest absolute Gasteiger partial charge is 0.472 e. The fourth-order valence-corrected chi connectivity index (χ4v) is 12.6. The average Bonchev–Trinajstić information content (AvgIpc) is 3.44. The molecule has 13 heteroatoms. The number of hydrogen-bond acceptors (Lipinski definition) is 10. The van der Waals surface area contributed by atoms with Crippen molar-refractivity contribution in [2.45, 2.75) is 409 Å². The first-order valence-electron chi connectivity index (χ1n) is 34.5. The van der Waals surface area contributed by atoms with Crippen LogP contribution in [0.15, 0.2) is 0 Å². The van der Waals surface area contributed by atoms with E-state index in [0.29, 0.717) is 19.3 Å². The minimum Gasteiger partial charge on any atom is -0.391 e. The molecule has 9 atom stereocenters. The van der Waals surface area contributed by atoms with Crippen molar-refractivity contribution in [3.63, 3.8) is 0 Å². The fraction of sp³-hybridized carbons (Fsp3) is 0.985. The lowest BCUT2D eigenvalue weighted by Crippen LogP contribution is -2.64. The Labute approximate surface area is 487 Å². The standard InChI is InChI=1S/C66H132NO11P/c1-3-5-7-9-11-13-15-17-19-21-22-23-24-25-26-27-28-29-30-31-32-33-34-35-36-37-38-40-42-44-46-48-50-52-54-56-60(69)67-58(57-77-79(75,76)78-66-64(73)62(71)61(70)63(72)65(66)74)59(68)55-53-51-49-47-45-43-41-39-20-18-16-14-12-10-8-6-4-2/h58-59,61-66,68,70-74H,3-57H2,1-2H3,(H,67,69)(H,75,76)/t58-,59+,61?,62+,63?,64?,65?,66?/m0/s1. The maximum absolute atomic E-state index is 13.1. The van der Waals surface area contributed by atoms with Gasteiger partial charge < -0.3 is 40.8 Å². The fourth-order valence-electron chi connectivity index (χ4n) is 11.7. The van der Waals surface area contributed by atoms with E-state index < -0.39 is 63.2 Å². The Bertz CT molecular complexity index is 1330. The van der Waals surface area contributed by atoms with E-state index in [2.05, 4.69) is 19.2 Å². The third-order valence-electron chi connectivity index (χ3n) is 17.2. The number of rotatable bonds is 61. The third kappa shape index (κ3) is 45.4. The van der Waals surface area contributed by atoms with Gasteiger partial charge in [-0.25, -0.2) is 4.57 Å². The molecule has 1 aliphatic carbocycles. The molecule has 0 aliphatic heterocycles. The van der Waals surface area contributed by atoms with Crippen LogP contribution in [0, 0.1) is 0 Å². The zero-order valence-corrected chi connectivity index (χ0v) is 52.6. The first-order valence-corrected chi connectivity index (χ1v) is 36.0. The third-order valence-corrected chi connectivity index (χ3v) is 18.2. The highest BCUT2D eigenvalue weighted by Gasteiger charge is 2.51. The summed E-state index contributed by atoms with van der Waals surface area (Å²) < 4.78 is 23.2. The number of phosphoric acid groups is 1. The van der Waals surface area contributed by atoms with Crippen molar-refractivity contribution in [1.29, 1.82) is 0 Å². The van der Waals surface area contributed by atoms with Gasteiger partial charge in [-0.2, -0.15) is 0 Å². The highest BCUT2D eigenvalue weighted by Crippen LogP contribution is 2.47. The van der Waals surface area contributed by atoms with Gasteiger partial charge in [-0.3, -0.25) is 13.8 Å². The van der Waals surface area contributed by atoms with Gasteiger partial charge in [-0.15, -0.1) is 0 Å². The molecule has 1 fully saturated rings. The van der Waals surface area contributed by atoms with Crippen LogP contribution in [0.1, 0.15) is 361 Å². The predicted octanol–water partition coefficient (Wildman–Crippen LogP) is 17.3. The van der Waals surface area contributed by atoms with Crippen molar-refractivity contribution in [3.8, 4) is 0 Å². The Balaban J connectivity index is 2.15. The van der Waals surface area contributed by atoms with Crippen molar-refractivity contribution < 1.29 is 53.9 Å². The number of aliphatic hydroxyl groups excluding tert-OH is 6. The van der Waals surface area contributed by atoms with Gasteiger partial charge in [-0.05, 0) is 12.8 Å². The second kappa shape index (κ2) is 55.2. The minimum atomic E-state index is -5.06. The van der Waals surface area contributed by atoms with Gasteiger partial charge in [0.1, 0.15) is 36.6 Å². The number of amides is 1. The van der Waals surface area contributed by atoms with Gasteiger partial charge in [0, 0.05) is 6.42 Å². The van der Waals surface area contributed by atoms with Crippen LogP contribution in [0.25, 0.3) is 0 Å². The number of carbonyl (C=O) groups is 1. The van der Waals surface area contributed by atoms with Crippen LogP contribution < -0.4 is 5.32 Å². The summed E-state index contributed by atoms with van der Waals surface area (Å²) in [4.78, 5) is 23.7. The van der Waals surface area contributed by atoms with E-state index in [9.17, 15) is 44.9 Å². The Morgan fingerprint density at radius 1 is 0.380 bits per heavy atom. The highest BCUT2D eigenvalue weighted by molar-refractivity contribution is 7.47. The quantitative estimate of drug-likeness (QED) is 0.0212. The van der Waals surface area contributed by atoms with Crippen molar-refractivity contribution >= 4 is 13.7 Å². The maximum atomic E-state index is 13.1. The second-order valence-corrected chi connectivity index (χ2v) is 26.2. The monoisotopic (exact) mass is 1150 g/mol. The summed E-state index contributed by atoms with van der Waals surface area (Å²) in [6.45, 7) is 3.96. The second-order valence-electron chi connectivity index (χ2n) is 24.7. The molecule has 0 saturated heterocycles. The zero-order chi connectivity index (χ0) is 57.7. The number of aliphatic hydroxyl groups is 6. The molecule has 1 saturated carbocycles. The molecule has 472 valence electrons. The summed E-state index contributed by atoms with van der Waals surface area (Å²) >= 11 is 0. The Morgan fingerprint density at radius 3 is 0.873 bits per heavy atom. The van der Waals surface area contributed by atoms with Crippen LogP contribution in [-0.2, 0) is 18.4 Å². The van der Waals surface area contributed by atoms with Gasteiger partial charge in [-0.1, -0.05) is 341 Å². The first kappa shape index (κ1) is 76.4. The number of unbranched alkanes of at least 4 members (excludes halogenated alkanes) is 50. The summed E-state index contributed by atoms with van der Waals surface area (Å²) in [7, 11) is -5.06. The van der Waals surface area contributed by atoms with E-state index in [1.54, 1.807) is 0 Å². The Kier molecular flexibility index (Phi) is 53.4. The van der Waals surface area contributed by atoms with Crippen LogP contribution in [0.3, 0.4) is 0 Å². The summed E-state index contributed by atoms with van der Waals surface area (Å²) in [5, 5.41) is 64.7. The van der Waals surface area contributed by atoms with Crippen molar-refractivity contribution in [2.75, 3.05) is 6.61 Å². The van der Waals surface area contributed by atoms with E-state index in [1.165, 1.54) is 283 Å². The van der Waals surface area contributed by atoms with Gasteiger partial charge >= 0.3 is 7.82 Å². The summed E-state index contributed by atoms with van der Waals surface area (Å²) in [6.07, 6.45) is 56.1. The van der Waals surface area contributed by atoms with Gasteiger partial charge in [0.25, 0.3) is 0 Å². The van der Waals surface area contributed by atoms with Crippen LogP contribution in [-0.4, -0.2) is 96.8 Å². The lowest BCUT2D eigenvalue weighted by Gasteiger charge is -2.41. The van der Waals surface area contributed by atoms with Gasteiger partial charge in [0.15, 0.2) is 0 Å². The molecule has 0 heterocycles. The zero-order valence-electron chi connectivity index (χ0n) is 51.7. The summed E-state index contributed by atoms with van der Waals surface area (Å²) in [5.74, 6) is -0.298. The van der Waals surface area contributed by atoms with Crippen LogP contribution >= 0.6 is 7.82 Å². The number of phosphoric ester groups is 1. The topological polar surface area (TPSA) is 206 Å². The molecule has 12 nitrogen and oxygen atoms in total. The van der Waals surface area contributed by atoms with Gasteiger partial charge in [0.05, 0.1) is 18.8 Å². The molecule has 0 aromatic heterocycles. The summed E-state index contributed by atoms with van der Waals surface area (Å²) in [6, 6.07) is -1.03. The molecular weight excluding hydrogens is 1010 g/mol. The van der Waals surface area contributed by atoms with Crippen molar-refractivity contribution in [3.05, 3.63) is 0 Å². The highest BCUT2D eigenvalue weighted by atomic mass is 31.2. The Morgan fingerprint density at radius 2 is 0.608 bits per heavy atom. The van der Waals surface area contributed by atoms with E-state index in [0.717, 1.165) is 38.5 Å². The molecule has 0 bridgehead atoms. The predicted molar refractivity (Wildman–Crippen MR) is 329 cm³/mol. The Hall–Kier alpha value is -0.660. The van der Waals surface area contributed by atoms with Crippen LogP contribution in [0.2, 0.25) is 0 Å². The minimum absolute atomic E-state index is 0.244. The molecule has 0 aromatic rings. The summed E-state index contributed by atoms with van der Waals surface area (Å²) in [5.41, 5.74) is 0. The van der Waals surface area contributed by atoms with Crippen LogP contribution in [0.4, 0.5) is 0 Å². The molecule has 8 N–H and O–H groups in total. The molecule has 79 heavy (non-hydrogen) atoms. The first-order chi connectivity index (χ1) is 38.4. The van der Waals surface area contributed by atoms with Crippen molar-refractivity contribution in [1.82, 2.24) is 5.32 Å². The number of hydrogen-bond donors (Lipinski definition) is 8. The maximum Gasteiger partial charge on any atom is 0.472 e. The number of carbonyl (C=O) groups excluding carboxylic acids is 1. The lowest BCUT2D eigenvalue weighted by molar-refractivity contribution is -0.220. The normalized spacial score (nSPS) is 20.2. The van der Waals surface area contributed by atoms with E-state index in [4.69, 9.17) is 9.05 Å². The van der Waals surface area contributed by atoms with Crippen molar-refractivity contribution in [2.24, 2.45) is 0 Å². The molecule has 6 unspecified atom stereocenters. The molecule has 0 spiro atoms. The van der Waals surface area contributed by atoms with E-state index in [-0.39, 0.29) is 12.3 Å². The van der Waals surface area contributed by atoms with Crippen LogP contribution in [0.5, 0.6) is 0 Å². The molecule has 1 rings (SSSR count).